The SMILES string of the molecule is O=S(O)c1ccc(B(O)O)c2nccnc12. The van der Waals surface area contributed by atoms with E-state index in [-0.39, 0.29) is 21.4 Å². The average molecular weight is 238 g/mol. The van der Waals surface area contributed by atoms with Gasteiger partial charge >= 0.3 is 7.12 Å². The van der Waals surface area contributed by atoms with E-state index in [1.165, 1.54) is 24.5 Å². The van der Waals surface area contributed by atoms with Crippen LogP contribution in [0.1, 0.15) is 0 Å². The molecule has 0 fully saturated rings. The van der Waals surface area contributed by atoms with Crippen molar-refractivity contribution >= 4 is 34.7 Å². The molecule has 3 N–H and O–H groups in total. The Hall–Kier alpha value is -1.35. The van der Waals surface area contributed by atoms with Gasteiger partial charge in [-0.2, -0.15) is 0 Å². The second-order valence-electron chi connectivity index (χ2n) is 3.03. The first-order chi connectivity index (χ1) is 7.61. The van der Waals surface area contributed by atoms with Crippen LogP contribution in [-0.4, -0.2) is 35.9 Å². The minimum Gasteiger partial charge on any atom is -0.423 e. The molecule has 2 rings (SSSR count). The molecule has 16 heavy (non-hydrogen) atoms. The summed E-state index contributed by atoms with van der Waals surface area (Å²) >= 11 is -2.19. The highest BCUT2D eigenvalue weighted by atomic mass is 32.2. The number of rotatable bonds is 2. The van der Waals surface area contributed by atoms with Gasteiger partial charge in [-0.1, -0.05) is 6.07 Å². The molecule has 0 amide bonds. The summed E-state index contributed by atoms with van der Waals surface area (Å²) in [6, 6.07) is 2.66. The molecule has 0 bridgehead atoms. The summed E-state index contributed by atoms with van der Waals surface area (Å²) in [5, 5.41) is 18.2. The van der Waals surface area contributed by atoms with Crippen molar-refractivity contribution in [3.05, 3.63) is 24.5 Å². The molecule has 6 nitrogen and oxygen atoms in total. The van der Waals surface area contributed by atoms with Crippen molar-refractivity contribution in [2.75, 3.05) is 0 Å². The summed E-state index contributed by atoms with van der Waals surface area (Å²) in [6.45, 7) is 0. The standard InChI is InChI=1S/C8H7BN2O4S/c12-9(13)5-1-2-6(16(14)15)8-7(5)10-3-4-11-8/h1-4,12-13H,(H,14,15). The smallest absolute Gasteiger partial charge is 0.423 e. The lowest BCUT2D eigenvalue weighted by molar-refractivity contribution is 0.426. The van der Waals surface area contributed by atoms with Crippen LogP contribution >= 0.6 is 0 Å². The molecule has 0 aliphatic carbocycles. The fourth-order valence-corrected chi connectivity index (χ4v) is 1.90. The number of hydrogen-bond donors (Lipinski definition) is 3. The lowest BCUT2D eigenvalue weighted by Gasteiger charge is -2.06. The maximum atomic E-state index is 11.0. The lowest BCUT2D eigenvalue weighted by atomic mass is 9.79. The van der Waals surface area contributed by atoms with Gasteiger partial charge in [-0.15, -0.1) is 0 Å². The number of nitrogens with zero attached hydrogens (tertiary/aromatic N) is 2. The molecule has 0 spiro atoms. The quantitative estimate of drug-likeness (QED) is 0.452. The highest BCUT2D eigenvalue weighted by Gasteiger charge is 2.19. The second-order valence-corrected chi connectivity index (χ2v) is 3.97. The highest BCUT2D eigenvalue weighted by molar-refractivity contribution is 7.79. The monoisotopic (exact) mass is 238 g/mol. The van der Waals surface area contributed by atoms with Crippen molar-refractivity contribution in [2.45, 2.75) is 4.90 Å². The third-order valence-electron chi connectivity index (χ3n) is 2.09. The molecule has 0 aliphatic heterocycles. The summed E-state index contributed by atoms with van der Waals surface area (Å²) in [5.41, 5.74) is 0.545. The van der Waals surface area contributed by atoms with Crippen LogP contribution in [0.2, 0.25) is 0 Å². The molecule has 0 saturated carbocycles. The van der Waals surface area contributed by atoms with E-state index in [9.17, 15) is 4.21 Å². The minimum atomic E-state index is -2.19. The molecule has 0 aliphatic rings. The Labute approximate surface area is 93.4 Å². The van der Waals surface area contributed by atoms with Crippen molar-refractivity contribution in [3.8, 4) is 0 Å². The topological polar surface area (TPSA) is 104 Å². The number of fused-ring (bicyclic) bond motifs is 1. The first-order valence-electron chi connectivity index (χ1n) is 4.32. The Bertz CT molecular complexity index is 563. The van der Waals surface area contributed by atoms with E-state index in [1.807, 2.05) is 0 Å². The predicted octanol–water partition coefficient (Wildman–Crippen LogP) is -1.11. The largest absolute Gasteiger partial charge is 0.490 e. The predicted molar refractivity (Wildman–Crippen MR) is 58.4 cm³/mol. The van der Waals surface area contributed by atoms with E-state index in [4.69, 9.17) is 14.6 Å². The fraction of sp³-hybridized carbons (Fsp3) is 0. The molecular formula is C8H7BN2O4S. The van der Waals surface area contributed by atoms with Gasteiger partial charge in [0.15, 0.2) is 11.1 Å². The summed E-state index contributed by atoms with van der Waals surface area (Å²) in [4.78, 5) is 7.92. The van der Waals surface area contributed by atoms with Crippen molar-refractivity contribution < 1.29 is 18.8 Å². The van der Waals surface area contributed by atoms with Crippen molar-refractivity contribution in [2.24, 2.45) is 0 Å². The van der Waals surface area contributed by atoms with Crippen LogP contribution in [0, 0.1) is 0 Å². The fourth-order valence-electron chi connectivity index (χ4n) is 1.40. The van der Waals surface area contributed by atoms with Crippen LogP contribution in [0.25, 0.3) is 11.0 Å². The Morgan fingerprint density at radius 3 is 2.31 bits per heavy atom. The Morgan fingerprint density at radius 1 is 1.12 bits per heavy atom. The van der Waals surface area contributed by atoms with Gasteiger partial charge in [0.1, 0.15) is 5.52 Å². The molecule has 0 saturated heterocycles. The molecular weight excluding hydrogens is 231 g/mol. The van der Waals surface area contributed by atoms with Gasteiger partial charge in [0.25, 0.3) is 0 Å². The first kappa shape index (κ1) is 11.1. The van der Waals surface area contributed by atoms with Crippen molar-refractivity contribution in [1.29, 1.82) is 0 Å². The summed E-state index contributed by atoms with van der Waals surface area (Å²) in [6.07, 6.45) is 2.74. The van der Waals surface area contributed by atoms with Crippen LogP contribution in [0.15, 0.2) is 29.4 Å². The zero-order valence-electron chi connectivity index (χ0n) is 7.94. The zero-order valence-corrected chi connectivity index (χ0v) is 8.76. The van der Waals surface area contributed by atoms with Gasteiger partial charge in [0.05, 0.1) is 10.4 Å². The summed E-state index contributed by atoms with van der Waals surface area (Å²) in [5.74, 6) is 0. The second kappa shape index (κ2) is 4.26. The van der Waals surface area contributed by atoms with E-state index in [1.54, 1.807) is 0 Å². The maximum absolute atomic E-state index is 11.0. The third kappa shape index (κ3) is 1.83. The van der Waals surface area contributed by atoms with Gasteiger partial charge < -0.3 is 14.6 Å². The molecule has 1 heterocycles. The summed E-state index contributed by atoms with van der Waals surface area (Å²) in [7, 11) is -1.69. The average Bonchev–Trinajstić information content (AvgIpc) is 2.27. The minimum absolute atomic E-state index is 0.0903. The van der Waals surface area contributed by atoms with Crippen molar-refractivity contribution in [3.63, 3.8) is 0 Å². The number of aromatic nitrogens is 2. The zero-order chi connectivity index (χ0) is 11.7. The molecule has 1 atom stereocenters. The molecule has 82 valence electrons. The van der Waals surface area contributed by atoms with E-state index in [0.717, 1.165) is 0 Å². The van der Waals surface area contributed by atoms with Gasteiger partial charge in [0.2, 0.25) is 0 Å². The van der Waals surface area contributed by atoms with Gasteiger partial charge in [-0.3, -0.25) is 9.97 Å². The van der Waals surface area contributed by atoms with E-state index in [2.05, 4.69) is 9.97 Å². The van der Waals surface area contributed by atoms with Gasteiger partial charge in [-0.25, -0.2) is 4.21 Å². The normalized spacial score (nSPS) is 12.7. The van der Waals surface area contributed by atoms with Gasteiger partial charge in [0, 0.05) is 17.9 Å². The van der Waals surface area contributed by atoms with Crippen LogP contribution in [0.5, 0.6) is 0 Å². The number of benzene rings is 1. The van der Waals surface area contributed by atoms with Crippen LogP contribution < -0.4 is 5.46 Å². The first-order valence-corrected chi connectivity index (χ1v) is 5.42. The third-order valence-corrected chi connectivity index (χ3v) is 2.79. The Morgan fingerprint density at radius 2 is 1.75 bits per heavy atom. The maximum Gasteiger partial charge on any atom is 0.490 e. The van der Waals surface area contributed by atoms with Gasteiger partial charge in [-0.05, 0) is 6.07 Å². The molecule has 1 unspecified atom stereocenters. The molecule has 1 aromatic carbocycles. The van der Waals surface area contributed by atoms with E-state index < -0.39 is 18.2 Å². The molecule has 1 aromatic heterocycles. The molecule has 0 radical (unpaired) electrons. The molecule has 8 heteroatoms. The van der Waals surface area contributed by atoms with E-state index in [0.29, 0.717) is 0 Å². The Balaban J connectivity index is 2.82. The Kier molecular flexibility index (Phi) is 2.97. The summed E-state index contributed by atoms with van der Waals surface area (Å²) < 4.78 is 20.0. The van der Waals surface area contributed by atoms with Crippen molar-refractivity contribution in [1.82, 2.24) is 9.97 Å². The molecule has 2 aromatic rings. The van der Waals surface area contributed by atoms with Crippen LogP contribution in [0.3, 0.4) is 0 Å². The highest BCUT2D eigenvalue weighted by Crippen LogP contribution is 2.15. The van der Waals surface area contributed by atoms with Crippen LogP contribution in [0.4, 0.5) is 0 Å². The van der Waals surface area contributed by atoms with Crippen LogP contribution in [-0.2, 0) is 11.1 Å². The number of hydrogen-bond acceptors (Lipinski definition) is 5. The van der Waals surface area contributed by atoms with E-state index >= 15 is 0 Å². The lowest BCUT2D eigenvalue weighted by Crippen LogP contribution is -2.31.